The number of methoxy groups -OCH3 is 1. The molecule has 0 bridgehead atoms. The van der Waals surface area contributed by atoms with Crippen LogP contribution in [0.1, 0.15) is 21.7 Å². The fourth-order valence-electron chi connectivity index (χ4n) is 3.08. The van der Waals surface area contributed by atoms with Gasteiger partial charge in [0.15, 0.2) is 0 Å². The van der Waals surface area contributed by atoms with Crippen molar-refractivity contribution in [2.45, 2.75) is 13.8 Å². The first-order valence-electron chi connectivity index (χ1n) is 7.80. The summed E-state index contributed by atoms with van der Waals surface area (Å²) < 4.78 is 5.20. The Kier molecular flexibility index (Phi) is 4.23. The molecule has 2 aromatic rings. The predicted molar refractivity (Wildman–Crippen MR) is 89.2 cm³/mol. The fraction of sp³-hybridized carbons (Fsp3) is 0.412. The number of hydrogen-bond acceptors (Lipinski definition) is 4. The number of aryl methyl sites for hydroxylation is 2. The van der Waals surface area contributed by atoms with Gasteiger partial charge in [-0.05, 0) is 32.0 Å². The van der Waals surface area contributed by atoms with E-state index >= 15 is 0 Å². The van der Waals surface area contributed by atoms with Gasteiger partial charge in [0, 0.05) is 31.7 Å². The Morgan fingerprint density at radius 3 is 2.57 bits per heavy atom. The summed E-state index contributed by atoms with van der Waals surface area (Å²) in [6.45, 7) is 7.09. The fourth-order valence-corrected chi connectivity index (χ4v) is 3.08. The van der Waals surface area contributed by atoms with E-state index in [1.54, 1.807) is 13.2 Å². The van der Waals surface area contributed by atoms with E-state index in [2.05, 4.69) is 15.1 Å². The minimum absolute atomic E-state index is 0.0594. The second kappa shape index (κ2) is 6.32. The van der Waals surface area contributed by atoms with Crippen molar-refractivity contribution < 1.29 is 9.53 Å². The molecule has 1 fully saturated rings. The molecule has 0 aliphatic carbocycles. The minimum atomic E-state index is 0.0594. The van der Waals surface area contributed by atoms with Gasteiger partial charge in [-0.25, -0.2) is 0 Å². The molecular formula is C17H22N4O2. The molecule has 2 heterocycles. The molecule has 23 heavy (non-hydrogen) atoms. The molecule has 1 aromatic carbocycles. The van der Waals surface area contributed by atoms with Crippen molar-refractivity contribution in [3.05, 3.63) is 41.2 Å². The Balaban J connectivity index is 1.68. The normalized spacial score (nSPS) is 14.9. The van der Waals surface area contributed by atoms with Gasteiger partial charge >= 0.3 is 0 Å². The van der Waals surface area contributed by atoms with E-state index in [0.29, 0.717) is 24.4 Å². The first kappa shape index (κ1) is 15.4. The van der Waals surface area contributed by atoms with Gasteiger partial charge in [0.05, 0.1) is 24.2 Å². The minimum Gasteiger partial charge on any atom is -0.497 e. The van der Waals surface area contributed by atoms with Gasteiger partial charge in [-0.2, -0.15) is 5.10 Å². The summed E-state index contributed by atoms with van der Waals surface area (Å²) in [6, 6.07) is 7.32. The smallest absolute Gasteiger partial charge is 0.254 e. The average molecular weight is 314 g/mol. The Bertz CT molecular complexity index is 683. The van der Waals surface area contributed by atoms with Crippen LogP contribution in [0.2, 0.25) is 0 Å². The van der Waals surface area contributed by atoms with Crippen LogP contribution >= 0.6 is 0 Å². The van der Waals surface area contributed by atoms with Crippen LogP contribution in [0.25, 0.3) is 0 Å². The molecule has 1 amide bonds. The second-order valence-electron chi connectivity index (χ2n) is 5.79. The van der Waals surface area contributed by atoms with Crippen molar-refractivity contribution in [3.63, 3.8) is 0 Å². The third-order valence-electron chi connectivity index (χ3n) is 4.29. The molecule has 1 aliphatic rings. The summed E-state index contributed by atoms with van der Waals surface area (Å²) in [7, 11) is 1.61. The number of carbonyl (C=O) groups excluding carboxylic acids is 1. The molecular weight excluding hydrogens is 292 g/mol. The molecule has 6 heteroatoms. The number of carbonyl (C=O) groups is 1. The molecule has 3 rings (SSSR count). The average Bonchev–Trinajstić information content (AvgIpc) is 2.93. The van der Waals surface area contributed by atoms with Crippen LogP contribution < -0.4 is 9.64 Å². The van der Waals surface area contributed by atoms with Gasteiger partial charge in [0.2, 0.25) is 0 Å². The van der Waals surface area contributed by atoms with Crippen molar-refractivity contribution in [2.75, 3.05) is 38.2 Å². The number of benzene rings is 1. The molecule has 1 aromatic heterocycles. The van der Waals surface area contributed by atoms with Crippen molar-refractivity contribution >= 4 is 11.6 Å². The van der Waals surface area contributed by atoms with Gasteiger partial charge in [-0.1, -0.05) is 6.07 Å². The quantitative estimate of drug-likeness (QED) is 0.941. The zero-order chi connectivity index (χ0) is 16.4. The van der Waals surface area contributed by atoms with Gasteiger partial charge in [-0.3, -0.25) is 9.89 Å². The van der Waals surface area contributed by atoms with Gasteiger partial charge in [-0.15, -0.1) is 0 Å². The van der Waals surface area contributed by atoms with E-state index in [1.165, 1.54) is 5.69 Å². The number of nitrogens with zero attached hydrogens (tertiary/aromatic N) is 3. The number of hydrogen-bond donors (Lipinski definition) is 1. The maximum absolute atomic E-state index is 12.6. The van der Waals surface area contributed by atoms with Gasteiger partial charge in [0.25, 0.3) is 5.91 Å². The van der Waals surface area contributed by atoms with Crippen LogP contribution in [0.4, 0.5) is 5.69 Å². The molecule has 6 nitrogen and oxygen atoms in total. The summed E-state index contributed by atoms with van der Waals surface area (Å²) in [5.74, 6) is 0.767. The molecule has 0 spiro atoms. The second-order valence-corrected chi connectivity index (χ2v) is 5.79. The highest BCUT2D eigenvalue weighted by atomic mass is 16.5. The van der Waals surface area contributed by atoms with E-state index in [9.17, 15) is 4.79 Å². The summed E-state index contributed by atoms with van der Waals surface area (Å²) >= 11 is 0. The summed E-state index contributed by atoms with van der Waals surface area (Å²) in [5.41, 5.74) is 3.93. The van der Waals surface area contributed by atoms with Crippen LogP contribution in [0.5, 0.6) is 5.75 Å². The van der Waals surface area contributed by atoms with E-state index in [1.807, 2.05) is 36.9 Å². The third-order valence-corrected chi connectivity index (χ3v) is 4.29. The van der Waals surface area contributed by atoms with Crippen LogP contribution in [-0.2, 0) is 0 Å². The number of rotatable bonds is 3. The molecule has 122 valence electrons. The maximum atomic E-state index is 12.6. The molecule has 1 N–H and O–H groups in total. The zero-order valence-electron chi connectivity index (χ0n) is 13.8. The number of anilines is 1. The van der Waals surface area contributed by atoms with Crippen molar-refractivity contribution in [3.8, 4) is 5.75 Å². The molecule has 1 aliphatic heterocycles. The van der Waals surface area contributed by atoms with E-state index < -0.39 is 0 Å². The predicted octanol–water partition coefficient (Wildman–Crippen LogP) is 2.00. The summed E-state index contributed by atoms with van der Waals surface area (Å²) in [4.78, 5) is 16.8. The SMILES string of the molecule is COc1cccc(C(=O)N2CCN(c3c(C)n[nH]c3C)CC2)c1. The third kappa shape index (κ3) is 3.02. The Hall–Kier alpha value is -2.50. The molecule has 0 radical (unpaired) electrons. The molecule has 0 saturated carbocycles. The van der Waals surface area contributed by atoms with E-state index in [0.717, 1.165) is 24.5 Å². The highest BCUT2D eigenvalue weighted by molar-refractivity contribution is 5.94. The summed E-state index contributed by atoms with van der Waals surface area (Å²) in [6.07, 6.45) is 0. The van der Waals surface area contributed by atoms with E-state index in [-0.39, 0.29) is 5.91 Å². The number of nitrogens with one attached hydrogen (secondary N) is 1. The van der Waals surface area contributed by atoms with Gasteiger partial charge < -0.3 is 14.5 Å². The lowest BCUT2D eigenvalue weighted by Crippen LogP contribution is -2.49. The number of ether oxygens (including phenoxy) is 1. The number of piperazine rings is 1. The lowest BCUT2D eigenvalue weighted by molar-refractivity contribution is 0.0746. The Morgan fingerprint density at radius 1 is 1.22 bits per heavy atom. The zero-order valence-corrected chi connectivity index (χ0v) is 13.8. The molecule has 1 saturated heterocycles. The first-order chi connectivity index (χ1) is 11.1. The van der Waals surface area contributed by atoms with Crippen LogP contribution in [-0.4, -0.2) is 54.3 Å². The maximum Gasteiger partial charge on any atom is 0.254 e. The standard InChI is InChI=1S/C17H22N4O2/c1-12-16(13(2)19-18-12)20-7-9-21(10-8-20)17(22)14-5-4-6-15(11-14)23-3/h4-6,11H,7-10H2,1-3H3,(H,18,19). The highest BCUT2D eigenvalue weighted by Crippen LogP contribution is 2.24. The monoisotopic (exact) mass is 314 g/mol. The Morgan fingerprint density at radius 2 is 1.96 bits per heavy atom. The summed E-state index contributed by atoms with van der Waals surface area (Å²) in [5, 5.41) is 7.27. The lowest BCUT2D eigenvalue weighted by atomic mass is 10.1. The highest BCUT2D eigenvalue weighted by Gasteiger charge is 2.24. The Labute approximate surface area is 136 Å². The van der Waals surface area contributed by atoms with Crippen molar-refractivity contribution in [1.29, 1.82) is 0 Å². The van der Waals surface area contributed by atoms with Crippen molar-refractivity contribution in [1.82, 2.24) is 15.1 Å². The van der Waals surface area contributed by atoms with Gasteiger partial charge in [0.1, 0.15) is 5.75 Å². The largest absolute Gasteiger partial charge is 0.497 e. The topological polar surface area (TPSA) is 61.5 Å². The number of aromatic nitrogens is 2. The van der Waals surface area contributed by atoms with Crippen LogP contribution in [0.15, 0.2) is 24.3 Å². The number of amides is 1. The molecule has 0 atom stereocenters. The van der Waals surface area contributed by atoms with Crippen LogP contribution in [0.3, 0.4) is 0 Å². The van der Waals surface area contributed by atoms with E-state index in [4.69, 9.17) is 4.74 Å². The molecule has 0 unspecified atom stereocenters. The van der Waals surface area contributed by atoms with Crippen molar-refractivity contribution in [2.24, 2.45) is 0 Å². The number of H-pyrrole nitrogens is 1. The first-order valence-corrected chi connectivity index (χ1v) is 7.80. The van der Waals surface area contributed by atoms with Crippen LogP contribution in [0, 0.1) is 13.8 Å². The number of aromatic amines is 1. The lowest BCUT2D eigenvalue weighted by Gasteiger charge is -2.36.